The van der Waals surface area contributed by atoms with Crippen LogP contribution in [0.25, 0.3) is 11.0 Å². The van der Waals surface area contributed by atoms with Gasteiger partial charge in [0.25, 0.3) is 0 Å². The number of carbonyl (C=O) groups is 1. The minimum atomic E-state index is -0.510. The molecule has 160 valence electrons. The van der Waals surface area contributed by atoms with Crippen LogP contribution in [-0.4, -0.2) is 41.0 Å². The second kappa shape index (κ2) is 9.82. The van der Waals surface area contributed by atoms with Gasteiger partial charge < -0.3 is 23.9 Å². The van der Waals surface area contributed by atoms with Crippen LogP contribution < -0.4 is 9.47 Å². The summed E-state index contributed by atoms with van der Waals surface area (Å²) in [5, 5.41) is 9.96. The van der Waals surface area contributed by atoms with E-state index in [4.69, 9.17) is 25.8 Å². The lowest BCUT2D eigenvalue weighted by Gasteiger charge is -2.13. The molecule has 1 N–H and O–H groups in total. The van der Waals surface area contributed by atoms with Gasteiger partial charge in [0.15, 0.2) is 11.5 Å². The van der Waals surface area contributed by atoms with Crippen molar-refractivity contribution in [2.75, 3.05) is 20.3 Å². The molecule has 8 heteroatoms. The van der Waals surface area contributed by atoms with Crippen LogP contribution in [0.5, 0.6) is 11.5 Å². The number of hydrogen-bond acceptors (Lipinski definition) is 6. The van der Waals surface area contributed by atoms with Crippen molar-refractivity contribution in [3.05, 3.63) is 52.8 Å². The highest BCUT2D eigenvalue weighted by molar-refractivity contribution is 6.31. The molecule has 30 heavy (non-hydrogen) atoms. The standard InChI is InChI=1S/C22H25ClN2O5/c1-14(2)12-29-19-7-4-15(10-20(19)28-3)22(27)30-13-21-24-17-6-5-16(23)11-18(17)25(21)8-9-26/h4-7,10-11,14,26H,8-9,12-13H2,1-3H3. The largest absolute Gasteiger partial charge is 0.493 e. The van der Waals surface area contributed by atoms with E-state index in [-0.39, 0.29) is 13.2 Å². The minimum absolute atomic E-state index is 0.0426. The highest BCUT2D eigenvalue weighted by Crippen LogP contribution is 2.29. The van der Waals surface area contributed by atoms with Gasteiger partial charge in [-0.1, -0.05) is 25.4 Å². The molecule has 0 saturated heterocycles. The van der Waals surface area contributed by atoms with Crippen LogP contribution in [-0.2, 0) is 17.9 Å². The van der Waals surface area contributed by atoms with Gasteiger partial charge in [-0.2, -0.15) is 0 Å². The molecule has 1 aromatic heterocycles. The summed E-state index contributed by atoms with van der Waals surface area (Å²) in [5.74, 6) is 1.42. The van der Waals surface area contributed by atoms with Crippen LogP contribution >= 0.6 is 11.6 Å². The number of benzene rings is 2. The first-order valence-electron chi connectivity index (χ1n) is 9.66. The molecule has 0 aliphatic heterocycles. The molecule has 0 saturated carbocycles. The number of rotatable bonds is 9. The van der Waals surface area contributed by atoms with E-state index in [1.807, 2.05) is 0 Å². The lowest BCUT2D eigenvalue weighted by atomic mass is 10.2. The zero-order chi connectivity index (χ0) is 21.7. The maximum atomic E-state index is 12.6. The van der Waals surface area contributed by atoms with Gasteiger partial charge in [-0.3, -0.25) is 0 Å². The lowest BCUT2D eigenvalue weighted by Crippen LogP contribution is -2.12. The number of aliphatic hydroxyl groups excluding tert-OH is 1. The van der Waals surface area contributed by atoms with Gasteiger partial charge in [-0.05, 0) is 42.3 Å². The summed E-state index contributed by atoms with van der Waals surface area (Å²) in [4.78, 5) is 17.1. The molecule has 3 aromatic rings. The Balaban J connectivity index is 1.76. The summed E-state index contributed by atoms with van der Waals surface area (Å²) in [7, 11) is 1.52. The van der Waals surface area contributed by atoms with Crippen LogP contribution in [0, 0.1) is 5.92 Å². The molecule has 0 aliphatic rings. The third kappa shape index (κ3) is 5.04. The second-order valence-corrected chi connectivity index (χ2v) is 7.62. The number of nitrogens with zero attached hydrogens (tertiary/aromatic N) is 2. The average Bonchev–Trinajstić information content (AvgIpc) is 3.07. The normalized spacial score (nSPS) is 11.1. The Morgan fingerprint density at radius 1 is 1.20 bits per heavy atom. The van der Waals surface area contributed by atoms with E-state index in [9.17, 15) is 9.90 Å². The number of aromatic nitrogens is 2. The average molecular weight is 433 g/mol. The van der Waals surface area contributed by atoms with Crippen molar-refractivity contribution >= 4 is 28.6 Å². The van der Waals surface area contributed by atoms with Crippen molar-refractivity contribution in [2.45, 2.75) is 27.0 Å². The van der Waals surface area contributed by atoms with Crippen LogP contribution in [0.1, 0.15) is 30.0 Å². The third-order valence-electron chi connectivity index (χ3n) is 4.42. The summed E-state index contributed by atoms with van der Waals surface area (Å²) in [6.07, 6.45) is 0. The Morgan fingerprint density at radius 3 is 2.70 bits per heavy atom. The zero-order valence-electron chi connectivity index (χ0n) is 17.2. The molecule has 0 bridgehead atoms. The Hall–Kier alpha value is -2.77. The SMILES string of the molecule is COc1cc(C(=O)OCc2nc3ccc(Cl)cc3n2CCO)ccc1OCC(C)C. The van der Waals surface area contributed by atoms with Crippen molar-refractivity contribution in [3.8, 4) is 11.5 Å². The van der Waals surface area contributed by atoms with Crippen LogP contribution in [0.15, 0.2) is 36.4 Å². The summed E-state index contributed by atoms with van der Waals surface area (Å²) < 4.78 is 18.3. The molecule has 1 heterocycles. The predicted octanol–water partition coefficient (Wildman–Crippen LogP) is 4.08. The number of imidazole rings is 1. The molecule has 0 amide bonds. The quantitative estimate of drug-likeness (QED) is 0.513. The first-order chi connectivity index (χ1) is 14.4. The molecule has 0 spiro atoms. The van der Waals surface area contributed by atoms with Crippen LogP contribution in [0.3, 0.4) is 0 Å². The Labute approximate surface area is 180 Å². The van der Waals surface area contributed by atoms with E-state index in [2.05, 4.69) is 18.8 Å². The highest BCUT2D eigenvalue weighted by atomic mass is 35.5. The van der Waals surface area contributed by atoms with Gasteiger partial charge >= 0.3 is 5.97 Å². The van der Waals surface area contributed by atoms with Crippen molar-refractivity contribution in [1.29, 1.82) is 0 Å². The summed E-state index contributed by atoms with van der Waals surface area (Å²) in [5.41, 5.74) is 1.83. The van der Waals surface area contributed by atoms with Gasteiger partial charge in [0.1, 0.15) is 12.4 Å². The number of esters is 1. The van der Waals surface area contributed by atoms with Gasteiger partial charge in [0, 0.05) is 11.6 Å². The van der Waals surface area contributed by atoms with E-state index < -0.39 is 5.97 Å². The van der Waals surface area contributed by atoms with E-state index in [1.54, 1.807) is 41.0 Å². The first-order valence-corrected chi connectivity index (χ1v) is 10.0. The fourth-order valence-electron chi connectivity index (χ4n) is 2.99. The van der Waals surface area contributed by atoms with E-state index >= 15 is 0 Å². The summed E-state index contributed by atoms with van der Waals surface area (Å²) in [6.45, 7) is 4.85. The molecule has 0 unspecified atom stereocenters. The minimum Gasteiger partial charge on any atom is -0.493 e. The highest BCUT2D eigenvalue weighted by Gasteiger charge is 2.16. The lowest BCUT2D eigenvalue weighted by molar-refractivity contribution is 0.0457. The number of methoxy groups -OCH3 is 1. The van der Waals surface area contributed by atoms with Crippen molar-refractivity contribution in [3.63, 3.8) is 0 Å². The fourth-order valence-corrected chi connectivity index (χ4v) is 3.16. The van der Waals surface area contributed by atoms with Gasteiger partial charge in [-0.25, -0.2) is 9.78 Å². The number of ether oxygens (including phenoxy) is 3. The molecular formula is C22H25ClN2O5. The second-order valence-electron chi connectivity index (χ2n) is 7.18. The van der Waals surface area contributed by atoms with Crippen molar-refractivity contribution in [2.24, 2.45) is 5.92 Å². The fraction of sp³-hybridized carbons (Fsp3) is 0.364. The molecule has 7 nitrogen and oxygen atoms in total. The van der Waals surface area contributed by atoms with Gasteiger partial charge in [0.2, 0.25) is 0 Å². The molecule has 0 fully saturated rings. The van der Waals surface area contributed by atoms with E-state index in [1.165, 1.54) is 7.11 Å². The van der Waals surface area contributed by atoms with Gasteiger partial charge in [0.05, 0.1) is 36.9 Å². The summed E-state index contributed by atoms with van der Waals surface area (Å²) >= 11 is 6.08. The first kappa shape index (κ1) is 21.9. The zero-order valence-corrected chi connectivity index (χ0v) is 18.0. The molecule has 3 rings (SSSR count). The number of aliphatic hydroxyl groups is 1. The van der Waals surface area contributed by atoms with E-state index in [0.717, 1.165) is 5.52 Å². The van der Waals surface area contributed by atoms with Crippen LogP contribution in [0.4, 0.5) is 0 Å². The topological polar surface area (TPSA) is 82.8 Å². The summed E-state index contributed by atoms with van der Waals surface area (Å²) in [6, 6.07) is 10.2. The van der Waals surface area contributed by atoms with Crippen molar-refractivity contribution < 1.29 is 24.1 Å². The number of hydrogen-bond donors (Lipinski definition) is 1. The maximum absolute atomic E-state index is 12.6. The Morgan fingerprint density at radius 2 is 2.00 bits per heavy atom. The number of carbonyl (C=O) groups excluding carboxylic acids is 1. The number of halogens is 1. The molecule has 0 aliphatic carbocycles. The molecule has 0 atom stereocenters. The van der Waals surface area contributed by atoms with Crippen LogP contribution in [0.2, 0.25) is 5.02 Å². The monoisotopic (exact) mass is 432 g/mol. The smallest absolute Gasteiger partial charge is 0.338 e. The molecule has 2 aromatic carbocycles. The van der Waals surface area contributed by atoms with E-state index in [0.29, 0.717) is 52.5 Å². The van der Waals surface area contributed by atoms with Crippen molar-refractivity contribution in [1.82, 2.24) is 9.55 Å². The van der Waals surface area contributed by atoms with Gasteiger partial charge in [-0.15, -0.1) is 0 Å². The Kier molecular flexibility index (Phi) is 7.18. The third-order valence-corrected chi connectivity index (χ3v) is 4.65. The number of fused-ring (bicyclic) bond motifs is 1. The Bertz CT molecular complexity index is 1030. The predicted molar refractivity (Wildman–Crippen MR) is 114 cm³/mol. The molecule has 0 radical (unpaired) electrons. The molecular weight excluding hydrogens is 408 g/mol. The maximum Gasteiger partial charge on any atom is 0.338 e.